The van der Waals surface area contributed by atoms with Crippen LogP contribution in [-0.4, -0.2) is 9.97 Å². The molecule has 1 aromatic carbocycles. The van der Waals surface area contributed by atoms with Crippen LogP contribution >= 0.6 is 15.9 Å². The van der Waals surface area contributed by atoms with Crippen LogP contribution in [0.25, 0.3) is 0 Å². The van der Waals surface area contributed by atoms with Gasteiger partial charge in [0.25, 0.3) is 0 Å². The minimum Gasteiger partial charge on any atom is -0.438 e. The zero-order valence-corrected chi connectivity index (χ0v) is 9.98. The van der Waals surface area contributed by atoms with E-state index in [9.17, 15) is 4.39 Å². The molecule has 84 valence electrons. The number of halogens is 2. The number of benzene rings is 1. The van der Waals surface area contributed by atoms with Crippen LogP contribution in [0.5, 0.6) is 11.6 Å². The summed E-state index contributed by atoms with van der Waals surface area (Å²) in [5, 5.41) is 8.58. The third kappa shape index (κ3) is 2.57. The van der Waals surface area contributed by atoms with Gasteiger partial charge in [0.2, 0.25) is 5.88 Å². The van der Waals surface area contributed by atoms with Crippen molar-refractivity contribution in [3.05, 3.63) is 46.6 Å². The maximum absolute atomic E-state index is 13.3. The Morgan fingerprint density at radius 2 is 2.24 bits per heavy atom. The van der Waals surface area contributed by atoms with Crippen molar-refractivity contribution in [2.24, 2.45) is 0 Å². The normalized spacial score (nSPS) is 9.71. The van der Waals surface area contributed by atoms with Crippen LogP contribution in [0.1, 0.15) is 5.56 Å². The van der Waals surface area contributed by atoms with Gasteiger partial charge in [-0.25, -0.2) is 14.4 Å². The van der Waals surface area contributed by atoms with Crippen LogP contribution in [0.2, 0.25) is 0 Å². The van der Waals surface area contributed by atoms with Crippen molar-refractivity contribution in [2.45, 2.75) is 0 Å². The molecule has 0 aliphatic rings. The Kier molecular flexibility index (Phi) is 3.30. The lowest BCUT2D eigenvalue weighted by atomic mass is 10.2. The van der Waals surface area contributed by atoms with Crippen LogP contribution in [0, 0.1) is 17.1 Å². The van der Waals surface area contributed by atoms with Gasteiger partial charge in [-0.3, -0.25) is 0 Å². The number of nitriles is 1. The van der Waals surface area contributed by atoms with Gasteiger partial charge in [-0.05, 0) is 28.1 Å². The molecule has 0 fully saturated rings. The smallest absolute Gasteiger partial charge is 0.236 e. The summed E-state index contributed by atoms with van der Waals surface area (Å²) in [5.74, 6) is -0.0832. The van der Waals surface area contributed by atoms with Crippen LogP contribution in [0.3, 0.4) is 0 Å². The molecule has 0 unspecified atom stereocenters. The number of aromatic nitrogens is 2. The minimum atomic E-state index is -0.629. The molecule has 2 aromatic rings. The van der Waals surface area contributed by atoms with E-state index < -0.39 is 5.82 Å². The molecule has 0 radical (unpaired) electrons. The molecule has 2 rings (SSSR count). The topological polar surface area (TPSA) is 58.8 Å². The summed E-state index contributed by atoms with van der Waals surface area (Å²) >= 11 is 3.20. The molecule has 0 spiro atoms. The summed E-state index contributed by atoms with van der Waals surface area (Å²) in [6.45, 7) is 0. The largest absolute Gasteiger partial charge is 0.438 e. The molecule has 0 atom stereocenters. The van der Waals surface area contributed by atoms with Gasteiger partial charge in [0.05, 0.1) is 10.0 Å². The van der Waals surface area contributed by atoms with E-state index in [-0.39, 0.29) is 17.2 Å². The van der Waals surface area contributed by atoms with E-state index in [4.69, 9.17) is 10.00 Å². The molecule has 0 aliphatic heterocycles. The summed E-state index contributed by atoms with van der Waals surface area (Å²) < 4.78 is 19.2. The number of nitrogens with zero attached hydrogens (tertiary/aromatic N) is 3. The van der Waals surface area contributed by atoms with Gasteiger partial charge in [0, 0.05) is 12.3 Å². The molecular formula is C11H5BrFN3O. The Hall–Kier alpha value is -2.00. The maximum Gasteiger partial charge on any atom is 0.236 e. The second kappa shape index (κ2) is 4.89. The highest BCUT2D eigenvalue weighted by atomic mass is 79.9. The predicted octanol–water partition coefficient (Wildman–Crippen LogP) is 3.04. The van der Waals surface area contributed by atoms with Gasteiger partial charge in [-0.2, -0.15) is 5.26 Å². The Labute approximate surface area is 105 Å². The van der Waals surface area contributed by atoms with Crippen LogP contribution in [0.4, 0.5) is 4.39 Å². The van der Waals surface area contributed by atoms with Crippen LogP contribution in [-0.2, 0) is 0 Å². The minimum absolute atomic E-state index is 0.0286. The zero-order valence-electron chi connectivity index (χ0n) is 8.39. The van der Waals surface area contributed by atoms with E-state index in [0.29, 0.717) is 4.47 Å². The molecule has 1 aromatic heterocycles. The highest BCUT2D eigenvalue weighted by molar-refractivity contribution is 9.10. The fraction of sp³-hybridized carbons (Fsp3) is 0. The first-order valence-corrected chi connectivity index (χ1v) is 5.33. The summed E-state index contributed by atoms with van der Waals surface area (Å²) in [7, 11) is 0. The van der Waals surface area contributed by atoms with Crippen molar-refractivity contribution in [3.63, 3.8) is 0 Å². The molecule has 0 saturated heterocycles. The summed E-state index contributed by atoms with van der Waals surface area (Å²) in [6, 6.07) is 5.71. The predicted molar refractivity (Wildman–Crippen MR) is 60.9 cm³/mol. The van der Waals surface area contributed by atoms with E-state index in [1.54, 1.807) is 6.07 Å². The number of rotatable bonds is 2. The van der Waals surface area contributed by atoms with E-state index in [1.165, 1.54) is 24.7 Å². The van der Waals surface area contributed by atoms with E-state index in [2.05, 4.69) is 25.9 Å². The van der Waals surface area contributed by atoms with Crippen molar-refractivity contribution in [1.29, 1.82) is 5.26 Å². The average Bonchev–Trinajstić information content (AvgIpc) is 2.32. The number of hydrogen-bond acceptors (Lipinski definition) is 4. The fourth-order valence-corrected chi connectivity index (χ4v) is 1.44. The monoisotopic (exact) mass is 293 g/mol. The standard InChI is InChI=1S/C11H5BrFN3O/c12-9-5-15-6-16-11(9)17-8-2-1-7(4-14)10(13)3-8/h1-3,5-6H. The molecule has 6 heteroatoms. The fourth-order valence-electron chi connectivity index (χ4n) is 1.14. The summed E-state index contributed by atoms with van der Waals surface area (Å²) in [6.07, 6.45) is 2.84. The SMILES string of the molecule is N#Cc1ccc(Oc2ncncc2Br)cc1F. The number of hydrogen-bond donors (Lipinski definition) is 0. The summed E-state index contributed by atoms with van der Waals surface area (Å²) in [4.78, 5) is 7.65. The lowest BCUT2D eigenvalue weighted by Gasteiger charge is -2.05. The molecule has 0 aliphatic carbocycles. The third-order valence-corrected chi connectivity index (χ3v) is 2.45. The van der Waals surface area contributed by atoms with E-state index in [1.807, 2.05) is 0 Å². The van der Waals surface area contributed by atoms with Gasteiger partial charge in [-0.1, -0.05) is 0 Å². The van der Waals surface area contributed by atoms with E-state index >= 15 is 0 Å². The lowest BCUT2D eigenvalue weighted by Crippen LogP contribution is -1.91. The third-order valence-electron chi connectivity index (χ3n) is 1.91. The van der Waals surface area contributed by atoms with Crippen molar-refractivity contribution in [3.8, 4) is 17.7 Å². The Bertz CT molecular complexity index is 598. The Morgan fingerprint density at radius 1 is 1.41 bits per heavy atom. The van der Waals surface area contributed by atoms with Crippen molar-refractivity contribution >= 4 is 15.9 Å². The molecule has 0 amide bonds. The van der Waals surface area contributed by atoms with Gasteiger partial charge in [0.15, 0.2) is 0 Å². The Balaban J connectivity index is 2.29. The van der Waals surface area contributed by atoms with Gasteiger partial charge in [0.1, 0.15) is 24.0 Å². The second-order valence-corrected chi connectivity index (χ2v) is 3.89. The molecule has 0 N–H and O–H groups in total. The highest BCUT2D eigenvalue weighted by Gasteiger charge is 2.07. The quantitative estimate of drug-likeness (QED) is 0.854. The van der Waals surface area contributed by atoms with Crippen LogP contribution in [0.15, 0.2) is 35.2 Å². The molecule has 4 nitrogen and oxygen atoms in total. The second-order valence-electron chi connectivity index (χ2n) is 3.03. The first-order chi connectivity index (χ1) is 8.20. The zero-order chi connectivity index (χ0) is 12.3. The van der Waals surface area contributed by atoms with E-state index in [0.717, 1.165) is 6.07 Å². The first kappa shape index (κ1) is 11.5. The molecular weight excluding hydrogens is 289 g/mol. The Morgan fingerprint density at radius 3 is 2.88 bits per heavy atom. The van der Waals surface area contributed by atoms with Crippen molar-refractivity contribution in [1.82, 2.24) is 9.97 Å². The van der Waals surface area contributed by atoms with Gasteiger partial charge < -0.3 is 4.74 Å². The lowest BCUT2D eigenvalue weighted by molar-refractivity contribution is 0.453. The van der Waals surface area contributed by atoms with Crippen molar-refractivity contribution < 1.29 is 9.13 Å². The van der Waals surface area contributed by atoms with Crippen LogP contribution < -0.4 is 4.74 Å². The summed E-state index contributed by atoms with van der Waals surface area (Å²) in [5.41, 5.74) is -0.0286. The van der Waals surface area contributed by atoms with Gasteiger partial charge >= 0.3 is 0 Å². The molecule has 0 bridgehead atoms. The molecule has 17 heavy (non-hydrogen) atoms. The first-order valence-electron chi connectivity index (χ1n) is 4.53. The maximum atomic E-state index is 13.3. The number of ether oxygens (including phenoxy) is 1. The van der Waals surface area contributed by atoms with Gasteiger partial charge in [-0.15, -0.1) is 0 Å². The molecule has 1 heterocycles. The molecule has 0 saturated carbocycles. The average molecular weight is 294 g/mol. The highest BCUT2D eigenvalue weighted by Crippen LogP contribution is 2.27. The van der Waals surface area contributed by atoms with Crippen molar-refractivity contribution in [2.75, 3.05) is 0 Å².